The van der Waals surface area contributed by atoms with Crippen molar-refractivity contribution in [2.45, 2.75) is 19.3 Å². The lowest BCUT2D eigenvalue weighted by Crippen LogP contribution is -2.14. The lowest BCUT2D eigenvalue weighted by atomic mass is 9.81. The highest BCUT2D eigenvalue weighted by atomic mass is 32.1. The molecule has 0 saturated heterocycles. The molecule has 0 bridgehead atoms. The van der Waals surface area contributed by atoms with E-state index in [2.05, 4.69) is 172 Å². The number of fused-ring (bicyclic) bond motifs is 12. The summed E-state index contributed by atoms with van der Waals surface area (Å²) >= 11 is 1.79. The van der Waals surface area contributed by atoms with Gasteiger partial charge in [0.2, 0.25) is 0 Å². The molecular weight excluding hydrogens is 723 g/mol. The molecule has 3 nitrogen and oxygen atoms in total. The van der Waals surface area contributed by atoms with Crippen LogP contribution in [-0.2, 0) is 5.41 Å². The summed E-state index contributed by atoms with van der Waals surface area (Å²) < 4.78 is 2.44. The Morgan fingerprint density at radius 1 is 0.345 bits per heavy atom. The van der Waals surface area contributed by atoms with Gasteiger partial charge in [0, 0.05) is 42.3 Å². The third kappa shape index (κ3) is 4.95. The van der Waals surface area contributed by atoms with Gasteiger partial charge < -0.3 is 0 Å². The fraction of sp³-hybridized carbons (Fsp3) is 0.0556. The summed E-state index contributed by atoms with van der Waals surface area (Å²) in [4.78, 5) is 15.6. The highest BCUT2D eigenvalue weighted by molar-refractivity contribution is 7.26. The summed E-state index contributed by atoms with van der Waals surface area (Å²) in [5.41, 5.74) is 10.8. The predicted octanol–water partition coefficient (Wildman–Crippen LogP) is 14.7. The zero-order chi connectivity index (χ0) is 38.5. The molecule has 2 heterocycles. The van der Waals surface area contributed by atoms with Crippen LogP contribution in [0.1, 0.15) is 25.0 Å². The van der Waals surface area contributed by atoms with E-state index in [0.29, 0.717) is 17.5 Å². The Morgan fingerprint density at radius 3 is 1.71 bits per heavy atom. The van der Waals surface area contributed by atoms with Gasteiger partial charge in [-0.3, -0.25) is 0 Å². The van der Waals surface area contributed by atoms with E-state index < -0.39 is 0 Å². The maximum Gasteiger partial charge on any atom is 0.165 e. The van der Waals surface area contributed by atoms with Crippen LogP contribution in [0.2, 0.25) is 0 Å². The first kappa shape index (κ1) is 33.2. The number of benzene rings is 9. The maximum absolute atomic E-state index is 5.26. The molecule has 272 valence electrons. The summed E-state index contributed by atoms with van der Waals surface area (Å²) in [5.74, 6) is 1.99. The normalized spacial score (nSPS) is 13.1. The van der Waals surface area contributed by atoms with E-state index in [0.717, 1.165) is 16.7 Å². The quantitative estimate of drug-likeness (QED) is 0.168. The molecule has 0 radical (unpaired) electrons. The number of hydrogen-bond donors (Lipinski definition) is 0. The van der Waals surface area contributed by atoms with Gasteiger partial charge in [-0.15, -0.1) is 11.3 Å². The van der Waals surface area contributed by atoms with Gasteiger partial charge in [0.1, 0.15) is 0 Å². The van der Waals surface area contributed by atoms with Crippen molar-refractivity contribution in [2.75, 3.05) is 0 Å². The molecule has 0 spiro atoms. The predicted molar refractivity (Wildman–Crippen MR) is 245 cm³/mol. The molecule has 0 fully saturated rings. The van der Waals surface area contributed by atoms with Gasteiger partial charge in [-0.1, -0.05) is 159 Å². The van der Waals surface area contributed by atoms with Gasteiger partial charge >= 0.3 is 0 Å². The molecule has 0 saturated carbocycles. The third-order valence-corrected chi connectivity index (χ3v) is 13.5. The summed E-state index contributed by atoms with van der Waals surface area (Å²) in [7, 11) is 0. The molecule has 11 aromatic rings. The second-order valence-corrected chi connectivity index (χ2v) is 17.0. The molecule has 0 unspecified atom stereocenters. The first-order chi connectivity index (χ1) is 28.5. The van der Waals surface area contributed by atoms with Crippen LogP contribution in [0.4, 0.5) is 0 Å². The highest BCUT2D eigenvalue weighted by Crippen LogP contribution is 2.50. The number of nitrogens with zero attached hydrogens (tertiary/aromatic N) is 3. The van der Waals surface area contributed by atoms with E-state index in [1.807, 2.05) is 18.2 Å². The Morgan fingerprint density at radius 2 is 0.879 bits per heavy atom. The molecule has 0 N–H and O–H groups in total. The van der Waals surface area contributed by atoms with Crippen molar-refractivity contribution in [1.82, 2.24) is 15.0 Å². The number of thiophene rings is 1. The van der Waals surface area contributed by atoms with Crippen molar-refractivity contribution in [3.63, 3.8) is 0 Å². The number of hydrogen-bond acceptors (Lipinski definition) is 4. The number of aromatic nitrogens is 3. The Kier molecular flexibility index (Phi) is 7.14. The smallest absolute Gasteiger partial charge is 0.165 e. The molecule has 58 heavy (non-hydrogen) atoms. The average molecular weight is 758 g/mol. The lowest BCUT2D eigenvalue weighted by Gasteiger charge is -2.22. The third-order valence-electron chi connectivity index (χ3n) is 12.3. The van der Waals surface area contributed by atoms with Crippen LogP contribution in [0, 0.1) is 0 Å². The molecule has 0 atom stereocenters. The molecule has 4 heteroatoms. The standard InChI is InChI=1S/C54H35N3S/c1-54(2)47-21-10-8-17-40(47)41-28-24-34(31-48(41)54)33-23-26-38-36-15-6-7-16-37(36)46-30-35(25-27-39(46)45(38)29-33)52-55-51(32-13-4-3-5-14-32)56-53(57-52)44-20-12-19-43-42-18-9-11-22-49(42)58-50(43)44/h3-31H,1-2H3. The van der Waals surface area contributed by atoms with Crippen molar-refractivity contribution >= 4 is 63.8 Å². The zero-order valence-corrected chi connectivity index (χ0v) is 32.8. The minimum Gasteiger partial charge on any atom is -0.208 e. The van der Waals surface area contributed by atoms with Crippen molar-refractivity contribution in [3.8, 4) is 56.4 Å². The van der Waals surface area contributed by atoms with Gasteiger partial charge in [0.05, 0.1) is 0 Å². The molecule has 12 rings (SSSR count). The molecule has 2 aromatic heterocycles. The van der Waals surface area contributed by atoms with Crippen LogP contribution >= 0.6 is 11.3 Å². The van der Waals surface area contributed by atoms with E-state index in [1.165, 1.54) is 85.9 Å². The molecule has 0 aliphatic heterocycles. The average Bonchev–Trinajstić information content (AvgIpc) is 3.78. The number of rotatable bonds is 4. The van der Waals surface area contributed by atoms with E-state index in [-0.39, 0.29) is 5.41 Å². The highest BCUT2D eigenvalue weighted by Gasteiger charge is 2.35. The Hall–Kier alpha value is -7.01. The molecule has 0 amide bonds. The zero-order valence-electron chi connectivity index (χ0n) is 32.0. The van der Waals surface area contributed by atoms with Crippen LogP contribution in [0.25, 0.3) is 109 Å². The van der Waals surface area contributed by atoms with Gasteiger partial charge in [0.25, 0.3) is 0 Å². The second kappa shape index (κ2) is 12.5. The van der Waals surface area contributed by atoms with Crippen LogP contribution < -0.4 is 0 Å². The van der Waals surface area contributed by atoms with E-state index in [1.54, 1.807) is 11.3 Å². The Balaban J connectivity index is 1.05. The van der Waals surface area contributed by atoms with Crippen molar-refractivity contribution < 1.29 is 0 Å². The van der Waals surface area contributed by atoms with Crippen LogP contribution in [0.15, 0.2) is 176 Å². The molecular formula is C54H35N3S. The van der Waals surface area contributed by atoms with Crippen molar-refractivity contribution in [1.29, 1.82) is 0 Å². The first-order valence-electron chi connectivity index (χ1n) is 19.9. The Bertz CT molecular complexity index is 3490. The summed E-state index contributed by atoms with van der Waals surface area (Å²) in [6.45, 7) is 4.70. The topological polar surface area (TPSA) is 38.7 Å². The Labute approximate surface area is 340 Å². The SMILES string of the molecule is CC1(C)c2ccccc2-c2ccc(-c3ccc4c5ccccc5c5cc(-c6nc(-c7ccccc7)nc(-c7cccc8c7sc7ccccc78)n6)ccc5c4c3)cc21. The first-order valence-corrected chi connectivity index (χ1v) is 20.7. The maximum atomic E-state index is 5.26. The molecule has 1 aliphatic rings. The second-order valence-electron chi connectivity index (χ2n) is 15.9. The minimum absolute atomic E-state index is 0.0578. The van der Waals surface area contributed by atoms with Crippen LogP contribution in [0.5, 0.6) is 0 Å². The van der Waals surface area contributed by atoms with Gasteiger partial charge in [-0.25, -0.2) is 15.0 Å². The van der Waals surface area contributed by atoms with Crippen LogP contribution in [0.3, 0.4) is 0 Å². The van der Waals surface area contributed by atoms with Gasteiger partial charge in [-0.05, 0) is 96.0 Å². The van der Waals surface area contributed by atoms with Crippen molar-refractivity contribution in [3.05, 3.63) is 187 Å². The van der Waals surface area contributed by atoms with E-state index >= 15 is 0 Å². The summed E-state index contributed by atoms with van der Waals surface area (Å²) in [6.07, 6.45) is 0. The lowest BCUT2D eigenvalue weighted by molar-refractivity contribution is 0.660. The minimum atomic E-state index is -0.0578. The largest absolute Gasteiger partial charge is 0.208 e. The van der Waals surface area contributed by atoms with E-state index in [4.69, 9.17) is 15.0 Å². The summed E-state index contributed by atoms with van der Waals surface area (Å²) in [5, 5.41) is 9.79. The fourth-order valence-electron chi connectivity index (χ4n) is 9.42. The molecule has 9 aromatic carbocycles. The summed E-state index contributed by atoms with van der Waals surface area (Å²) in [6, 6.07) is 63.7. The fourth-order valence-corrected chi connectivity index (χ4v) is 10.6. The van der Waals surface area contributed by atoms with Crippen molar-refractivity contribution in [2.24, 2.45) is 0 Å². The van der Waals surface area contributed by atoms with Gasteiger partial charge in [-0.2, -0.15) is 0 Å². The molecule has 1 aliphatic carbocycles. The van der Waals surface area contributed by atoms with E-state index in [9.17, 15) is 0 Å². The monoisotopic (exact) mass is 757 g/mol. The van der Waals surface area contributed by atoms with Crippen LogP contribution in [-0.4, -0.2) is 15.0 Å². The van der Waals surface area contributed by atoms with Gasteiger partial charge in [0.15, 0.2) is 17.5 Å².